The molecule has 178 valence electrons. The van der Waals surface area contributed by atoms with E-state index in [0.717, 1.165) is 39.6 Å². The number of ketones is 1. The summed E-state index contributed by atoms with van der Waals surface area (Å²) in [6, 6.07) is 20.9. The Kier molecular flexibility index (Phi) is 6.70. The summed E-state index contributed by atoms with van der Waals surface area (Å²) in [6.45, 7) is 8.33. The maximum absolute atomic E-state index is 13.3. The predicted octanol–water partition coefficient (Wildman–Crippen LogP) is 6.59. The van der Waals surface area contributed by atoms with Gasteiger partial charge in [-0.1, -0.05) is 70.2 Å². The average molecular weight is 467 g/mol. The molecule has 1 amide bonds. The van der Waals surface area contributed by atoms with Crippen molar-refractivity contribution in [3.8, 4) is 16.9 Å². The first kappa shape index (κ1) is 24.1. The van der Waals surface area contributed by atoms with Gasteiger partial charge in [0, 0.05) is 23.0 Å². The second-order valence-corrected chi connectivity index (χ2v) is 9.55. The normalized spacial score (nSPS) is 11.3. The lowest BCUT2D eigenvalue weighted by Gasteiger charge is -2.21. The highest BCUT2D eigenvalue weighted by molar-refractivity contribution is 6.48. The molecule has 5 heteroatoms. The molecule has 0 aliphatic heterocycles. The molecule has 1 heterocycles. The van der Waals surface area contributed by atoms with Gasteiger partial charge in [-0.2, -0.15) is 0 Å². The van der Waals surface area contributed by atoms with Crippen molar-refractivity contribution in [2.24, 2.45) is 0 Å². The number of fused-ring (bicyclic) bond motifs is 1. The number of anilines is 1. The van der Waals surface area contributed by atoms with Crippen molar-refractivity contribution >= 4 is 28.2 Å². The largest absolute Gasteiger partial charge is 0.495 e. The number of aryl methyl sites for hydroxylation is 1. The lowest BCUT2D eigenvalue weighted by Crippen LogP contribution is -2.24. The molecule has 0 saturated heterocycles. The molecule has 3 aromatic carbocycles. The minimum absolute atomic E-state index is 0.119. The molecular weight excluding hydrogens is 436 g/mol. The van der Waals surface area contributed by atoms with E-state index in [2.05, 4.69) is 38.0 Å². The number of hydrogen-bond acceptors (Lipinski definition) is 4. The van der Waals surface area contributed by atoms with Crippen LogP contribution in [0, 0.1) is 0 Å². The molecular formula is C30H30N2O3. The van der Waals surface area contributed by atoms with E-state index < -0.39 is 11.7 Å². The third-order valence-corrected chi connectivity index (χ3v) is 6.19. The first-order valence-corrected chi connectivity index (χ1v) is 11.7. The van der Waals surface area contributed by atoms with Crippen molar-refractivity contribution in [3.63, 3.8) is 0 Å². The van der Waals surface area contributed by atoms with Gasteiger partial charge in [-0.3, -0.25) is 14.6 Å². The molecule has 0 aliphatic rings. The Morgan fingerprint density at radius 1 is 0.943 bits per heavy atom. The maximum Gasteiger partial charge on any atom is 0.296 e. The first-order valence-electron chi connectivity index (χ1n) is 11.7. The molecule has 0 radical (unpaired) electrons. The Labute approximate surface area is 206 Å². The second-order valence-electron chi connectivity index (χ2n) is 9.55. The minimum atomic E-state index is -0.707. The van der Waals surface area contributed by atoms with Crippen molar-refractivity contribution in [2.45, 2.75) is 39.5 Å². The Hall–Kier alpha value is -3.99. The average Bonchev–Trinajstić information content (AvgIpc) is 2.87. The topological polar surface area (TPSA) is 68.3 Å². The molecule has 0 spiro atoms. The molecule has 0 bridgehead atoms. The molecule has 0 aliphatic carbocycles. The van der Waals surface area contributed by atoms with E-state index in [9.17, 15) is 9.59 Å². The SMILES string of the molecule is CCc1ccc(-c2ccc(C(=O)C(=O)Nc3cc(C(C)(C)C)ccc3OC)c3ccccc23)cn1. The Morgan fingerprint density at radius 3 is 2.31 bits per heavy atom. The first-order chi connectivity index (χ1) is 16.7. The zero-order chi connectivity index (χ0) is 25.2. The quantitative estimate of drug-likeness (QED) is 0.257. The number of aromatic nitrogens is 1. The van der Waals surface area contributed by atoms with Crippen LogP contribution in [-0.4, -0.2) is 23.8 Å². The van der Waals surface area contributed by atoms with Crippen molar-refractivity contribution in [3.05, 3.63) is 89.7 Å². The Bertz CT molecular complexity index is 1400. The van der Waals surface area contributed by atoms with E-state index in [1.165, 1.54) is 7.11 Å². The number of nitrogens with zero attached hydrogens (tertiary/aromatic N) is 1. The van der Waals surface area contributed by atoms with Gasteiger partial charge in [0.1, 0.15) is 5.75 Å². The standard InChI is InChI=1S/C30H30N2O3/c1-6-21-13-11-19(18-31-21)22-14-15-25(24-10-8-7-9-23(22)24)28(33)29(34)32-26-17-20(30(2,3)4)12-16-27(26)35-5/h7-18H,6H2,1-5H3,(H,32,34). The van der Waals surface area contributed by atoms with Crippen LogP contribution >= 0.6 is 0 Å². The van der Waals surface area contributed by atoms with Crippen LogP contribution in [0.5, 0.6) is 5.75 Å². The maximum atomic E-state index is 13.3. The number of nitrogens with one attached hydrogen (secondary N) is 1. The Balaban J connectivity index is 1.70. The highest BCUT2D eigenvalue weighted by Gasteiger charge is 2.23. The zero-order valence-corrected chi connectivity index (χ0v) is 20.8. The fraction of sp³-hybridized carbons (Fsp3) is 0.233. The number of ether oxygens (including phenoxy) is 1. The van der Waals surface area contributed by atoms with E-state index in [1.807, 2.05) is 66.9 Å². The highest BCUT2D eigenvalue weighted by Crippen LogP contribution is 2.33. The Morgan fingerprint density at radius 2 is 1.69 bits per heavy atom. The number of rotatable bonds is 6. The summed E-state index contributed by atoms with van der Waals surface area (Å²) in [4.78, 5) is 30.9. The lowest BCUT2D eigenvalue weighted by atomic mass is 9.87. The molecule has 1 N–H and O–H groups in total. The van der Waals surface area contributed by atoms with E-state index in [1.54, 1.807) is 6.07 Å². The van der Waals surface area contributed by atoms with Crippen LogP contribution in [0.15, 0.2) is 72.9 Å². The van der Waals surface area contributed by atoms with E-state index in [0.29, 0.717) is 17.0 Å². The van der Waals surface area contributed by atoms with Crippen LogP contribution in [0.4, 0.5) is 5.69 Å². The van der Waals surface area contributed by atoms with Crippen molar-refractivity contribution < 1.29 is 14.3 Å². The number of benzene rings is 3. The van der Waals surface area contributed by atoms with Gasteiger partial charge in [0.25, 0.3) is 11.7 Å². The highest BCUT2D eigenvalue weighted by atomic mass is 16.5. The summed E-state index contributed by atoms with van der Waals surface area (Å²) in [7, 11) is 1.54. The molecule has 1 aromatic heterocycles. The van der Waals surface area contributed by atoms with Gasteiger partial charge in [-0.25, -0.2) is 0 Å². The molecule has 5 nitrogen and oxygen atoms in total. The van der Waals surface area contributed by atoms with Crippen LogP contribution < -0.4 is 10.1 Å². The fourth-order valence-electron chi connectivity index (χ4n) is 4.12. The third kappa shape index (κ3) is 4.94. The molecule has 35 heavy (non-hydrogen) atoms. The third-order valence-electron chi connectivity index (χ3n) is 6.19. The molecule has 4 rings (SSSR count). The van der Waals surface area contributed by atoms with Gasteiger partial charge in [-0.05, 0) is 58.0 Å². The van der Waals surface area contributed by atoms with Crippen LogP contribution in [0.3, 0.4) is 0 Å². The monoisotopic (exact) mass is 466 g/mol. The summed E-state index contributed by atoms with van der Waals surface area (Å²) >= 11 is 0. The van der Waals surface area contributed by atoms with Gasteiger partial charge in [0.2, 0.25) is 0 Å². The van der Waals surface area contributed by atoms with Crippen molar-refractivity contribution in [2.75, 3.05) is 12.4 Å². The summed E-state index contributed by atoms with van der Waals surface area (Å²) in [5.74, 6) is -0.806. The minimum Gasteiger partial charge on any atom is -0.495 e. The number of methoxy groups -OCH3 is 1. The van der Waals surface area contributed by atoms with Crippen LogP contribution in [-0.2, 0) is 16.6 Å². The van der Waals surface area contributed by atoms with Crippen LogP contribution in [0.2, 0.25) is 0 Å². The number of amides is 1. The van der Waals surface area contributed by atoms with Crippen molar-refractivity contribution in [1.29, 1.82) is 0 Å². The summed E-state index contributed by atoms with van der Waals surface area (Å²) in [5.41, 5.74) is 4.68. The molecule has 0 unspecified atom stereocenters. The number of carbonyl (C=O) groups excluding carboxylic acids is 2. The summed E-state index contributed by atoms with van der Waals surface area (Å²) < 4.78 is 5.42. The fourth-order valence-corrected chi connectivity index (χ4v) is 4.12. The van der Waals surface area contributed by atoms with Crippen LogP contribution in [0.25, 0.3) is 21.9 Å². The number of carbonyl (C=O) groups is 2. The molecule has 0 fully saturated rings. The van der Waals surface area contributed by atoms with Gasteiger partial charge in [-0.15, -0.1) is 0 Å². The zero-order valence-electron chi connectivity index (χ0n) is 20.8. The second kappa shape index (κ2) is 9.71. The van der Waals surface area contributed by atoms with E-state index in [4.69, 9.17) is 4.74 Å². The molecule has 0 atom stereocenters. The molecule has 0 saturated carbocycles. The van der Waals surface area contributed by atoms with Crippen molar-refractivity contribution in [1.82, 2.24) is 4.98 Å². The molecule has 4 aromatic rings. The van der Waals surface area contributed by atoms with Gasteiger partial charge in [0.05, 0.1) is 12.8 Å². The van der Waals surface area contributed by atoms with Gasteiger partial charge >= 0.3 is 0 Å². The number of pyridine rings is 1. The summed E-state index contributed by atoms with van der Waals surface area (Å²) in [6.07, 6.45) is 2.72. The smallest absolute Gasteiger partial charge is 0.296 e. The number of Topliss-reactive ketones (excluding diaryl/α,β-unsaturated/α-hetero) is 1. The van der Waals surface area contributed by atoms with Gasteiger partial charge in [0.15, 0.2) is 0 Å². The van der Waals surface area contributed by atoms with E-state index >= 15 is 0 Å². The van der Waals surface area contributed by atoms with Crippen LogP contribution in [0.1, 0.15) is 49.3 Å². The lowest BCUT2D eigenvalue weighted by molar-refractivity contribution is -0.112. The van der Waals surface area contributed by atoms with Gasteiger partial charge < -0.3 is 10.1 Å². The number of hydrogen-bond donors (Lipinski definition) is 1. The predicted molar refractivity (Wildman–Crippen MR) is 141 cm³/mol. The summed E-state index contributed by atoms with van der Waals surface area (Å²) in [5, 5.41) is 4.39. The van der Waals surface area contributed by atoms with E-state index in [-0.39, 0.29) is 5.41 Å².